The first kappa shape index (κ1) is 12.4. The van der Waals surface area contributed by atoms with Gasteiger partial charge in [0.25, 0.3) is 0 Å². The van der Waals surface area contributed by atoms with Gasteiger partial charge < -0.3 is 15.5 Å². The summed E-state index contributed by atoms with van der Waals surface area (Å²) in [5.74, 6) is 0.164. The van der Waals surface area contributed by atoms with Gasteiger partial charge >= 0.3 is 0 Å². The number of phenolic OH excluding ortho intramolecular Hbond substituents is 2. The average molecular weight is 247 g/mol. The minimum Gasteiger partial charge on any atom is -0.508 e. The van der Waals surface area contributed by atoms with E-state index in [4.69, 9.17) is 0 Å². The van der Waals surface area contributed by atoms with Gasteiger partial charge in [0.15, 0.2) is 0 Å². The zero-order valence-corrected chi connectivity index (χ0v) is 10.5. The smallest absolute Gasteiger partial charge is 0.124 e. The Bertz CT molecular complexity index is 537. The van der Waals surface area contributed by atoms with Crippen LogP contribution >= 0.6 is 0 Å². The van der Waals surface area contributed by atoms with E-state index in [1.165, 1.54) is 6.07 Å². The Morgan fingerprint density at radius 2 is 2.17 bits per heavy atom. The number of hydrogen-bond acceptors (Lipinski definition) is 4. The summed E-state index contributed by atoms with van der Waals surface area (Å²) >= 11 is 0. The number of rotatable bonds is 4. The molecule has 96 valence electrons. The maximum atomic E-state index is 9.75. The first-order chi connectivity index (χ1) is 8.56. The van der Waals surface area contributed by atoms with Crippen molar-refractivity contribution in [2.75, 3.05) is 0 Å². The highest BCUT2D eigenvalue weighted by Crippen LogP contribution is 2.27. The van der Waals surface area contributed by atoms with Crippen molar-refractivity contribution < 1.29 is 10.2 Å². The maximum Gasteiger partial charge on any atom is 0.124 e. The van der Waals surface area contributed by atoms with Gasteiger partial charge in [-0.05, 0) is 13.0 Å². The predicted octanol–water partition coefficient (Wildman–Crippen LogP) is 1.68. The third-order valence-corrected chi connectivity index (χ3v) is 2.85. The van der Waals surface area contributed by atoms with Crippen molar-refractivity contribution in [3.05, 3.63) is 41.7 Å². The van der Waals surface area contributed by atoms with E-state index in [0.29, 0.717) is 6.54 Å². The Balaban J connectivity index is 2.01. The number of aryl methyl sites for hydroxylation is 1. The second kappa shape index (κ2) is 5.10. The fraction of sp³-hybridized carbons (Fsp3) is 0.308. The molecule has 18 heavy (non-hydrogen) atoms. The molecule has 0 saturated heterocycles. The SMILES string of the molecule is CC(NCc1cnn(C)c1)c1ccc(O)cc1O. The number of nitrogens with one attached hydrogen (secondary N) is 1. The van der Waals surface area contributed by atoms with Crippen LogP contribution in [0.1, 0.15) is 24.1 Å². The van der Waals surface area contributed by atoms with Gasteiger partial charge in [-0.3, -0.25) is 4.68 Å². The summed E-state index contributed by atoms with van der Waals surface area (Å²) in [6, 6.07) is 4.62. The van der Waals surface area contributed by atoms with E-state index >= 15 is 0 Å². The van der Waals surface area contributed by atoms with Crippen LogP contribution in [0.5, 0.6) is 11.5 Å². The average Bonchev–Trinajstić information content (AvgIpc) is 2.72. The Kier molecular flexibility index (Phi) is 3.53. The summed E-state index contributed by atoms with van der Waals surface area (Å²) in [5, 5.41) is 26.4. The van der Waals surface area contributed by atoms with Gasteiger partial charge in [0, 0.05) is 43.0 Å². The quantitative estimate of drug-likeness (QED) is 0.768. The molecule has 5 nitrogen and oxygen atoms in total. The molecule has 0 bridgehead atoms. The van der Waals surface area contributed by atoms with E-state index in [0.717, 1.165) is 11.1 Å². The topological polar surface area (TPSA) is 70.3 Å². The molecule has 3 N–H and O–H groups in total. The number of benzene rings is 1. The monoisotopic (exact) mass is 247 g/mol. The highest BCUT2D eigenvalue weighted by Gasteiger charge is 2.10. The van der Waals surface area contributed by atoms with Crippen molar-refractivity contribution in [2.45, 2.75) is 19.5 Å². The van der Waals surface area contributed by atoms with Crippen LogP contribution in [-0.2, 0) is 13.6 Å². The van der Waals surface area contributed by atoms with Crippen molar-refractivity contribution >= 4 is 0 Å². The van der Waals surface area contributed by atoms with Crippen LogP contribution in [-0.4, -0.2) is 20.0 Å². The summed E-state index contributed by atoms with van der Waals surface area (Å²) in [6.07, 6.45) is 3.74. The van der Waals surface area contributed by atoms with E-state index in [1.54, 1.807) is 23.0 Å². The molecular weight excluding hydrogens is 230 g/mol. The van der Waals surface area contributed by atoms with Gasteiger partial charge in [0.1, 0.15) is 11.5 Å². The third-order valence-electron chi connectivity index (χ3n) is 2.85. The lowest BCUT2D eigenvalue weighted by Crippen LogP contribution is -2.17. The van der Waals surface area contributed by atoms with Crippen LogP contribution in [0, 0.1) is 0 Å². The lowest BCUT2D eigenvalue weighted by Gasteiger charge is -2.15. The second-order valence-electron chi connectivity index (χ2n) is 4.37. The summed E-state index contributed by atoms with van der Waals surface area (Å²) in [5.41, 5.74) is 1.85. The van der Waals surface area contributed by atoms with Gasteiger partial charge in [-0.15, -0.1) is 0 Å². The molecule has 0 spiro atoms. The maximum absolute atomic E-state index is 9.75. The molecule has 0 fully saturated rings. The molecule has 1 aromatic heterocycles. The van der Waals surface area contributed by atoms with Crippen molar-refractivity contribution in [2.24, 2.45) is 7.05 Å². The van der Waals surface area contributed by atoms with Crippen LogP contribution in [0.4, 0.5) is 0 Å². The molecule has 1 heterocycles. The molecular formula is C13H17N3O2. The number of aromatic nitrogens is 2. The van der Waals surface area contributed by atoms with Crippen LogP contribution in [0.2, 0.25) is 0 Å². The molecule has 1 atom stereocenters. The second-order valence-corrected chi connectivity index (χ2v) is 4.37. The van der Waals surface area contributed by atoms with Crippen LogP contribution in [0.15, 0.2) is 30.6 Å². The van der Waals surface area contributed by atoms with Crippen molar-refractivity contribution in [3.63, 3.8) is 0 Å². The van der Waals surface area contributed by atoms with Crippen LogP contribution < -0.4 is 5.32 Å². The summed E-state index contributed by atoms with van der Waals surface area (Å²) in [6.45, 7) is 2.64. The first-order valence-electron chi connectivity index (χ1n) is 5.79. The summed E-state index contributed by atoms with van der Waals surface area (Å²) < 4.78 is 1.75. The van der Waals surface area contributed by atoms with E-state index < -0.39 is 0 Å². The zero-order valence-electron chi connectivity index (χ0n) is 10.5. The molecule has 1 unspecified atom stereocenters. The highest BCUT2D eigenvalue weighted by atomic mass is 16.3. The predicted molar refractivity (Wildman–Crippen MR) is 68.2 cm³/mol. The standard InChI is InChI=1S/C13H17N3O2/c1-9(12-4-3-11(17)5-13(12)18)14-6-10-7-15-16(2)8-10/h3-5,7-9,14,17-18H,6H2,1-2H3. The molecule has 2 rings (SSSR count). The van der Waals surface area contributed by atoms with E-state index in [-0.39, 0.29) is 17.5 Å². The molecule has 0 aliphatic rings. The molecule has 0 aliphatic heterocycles. The van der Waals surface area contributed by atoms with Gasteiger partial charge in [-0.25, -0.2) is 0 Å². The van der Waals surface area contributed by atoms with Crippen LogP contribution in [0.3, 0.4) is 0 Å². The minimum atomic E-state index is -0.00851. The van der Waals surface area contributed by atoms with Gasteiger partial charge in [-0.2, -0.15) is 5.10 Å². The first-order valence-corrected chi connectivity index (χ1v) is 5.79. The fourth-order valence-electron chi connectivity index (χ4n) is 1.84. The van der Waals surface area contributed by atoms with Gasteiger partial charge in [0.05, 0.1) is 6.20 Å². The number of hydrogen-bond donors (Lipinski definition) is 3. The highest BCUT2D eigenvalue weighted by molar-refractivity contribution is 5.40. The lowest BCUT2D eigenvalue weighted by atomic mass is 10.1. The zero-order chi connectivity index (χ0) is 13.1. The Labute approximate surface area is 106 Å². The Morgan fingerprint density at radius 3 is 2.78 bits per heavy atom. The Morgan fingerprint density at radius 1 is 1.39 bits per heavy atom. The fourth-order valence-corrected chi connectivity index (χ4v) is 1.84. The minimum absolute atomic E-state index is 0.00851. The summed E-state index contributed by atoms with van der Waals surface area (Å²) in [7, 11) is 1.87. The molecule has 5 heteroatoms. The normalized spacial score (nSPS) is 12.6. The number of aromatic hydroxyl groups is 2. The van der Waals surface area contributed by atoms with Crippen molar-refractivity contribution in [1.82, 2.24) is 15.1 Å². The molecule has 2 aromatic rings. The van der Waals surface area contributed by atoms with E-state index in [2.05, 4.69) is 10.4 Å². The van der Waals surface area contributed by atoms with E-state index in [9.17, 15) is 10.2 Å². The molecule has 0 amide bonds. The largest absolute Gasteiger partial charge is 0.508 e. The third kappa shape index (κ3) is 2.81. The number of nitrogens with zero attached hydrogens (tertiary/aromatic N) is 2. The summed E-state index contributed by atoms with van der Waals surface area (Å²) in [4.78, 5) is 0. The van der Waals surface area contributed by atoms with E-state index in [1.807, 2.05) is 20.2 Å². The van der Waals surface area contributed by atoms with Crippen molar-refractivity contribution in [1.29, 1.82) is 0 Å². The lowest BCUT2D eigenvalue weighted by molar-refractivity contribution is 0.436. The molecule has 0 radical (unpaired) electrons. The Hall–Kier alpha value is -2.01. The molecule has 0 saturated carbocycles. The molecule has 1 aromatic carbocycles. The van der Waals surface area contributed by atoms with Gasteiger partial charge in [0.2, 0.25) is 0 Å². The van der Waals surface area contributed by atoms with Crippen LogP contribution in [0.25, 0.3) is 0 Å². The molecule has 0 aliphatic carbocycles. The van der Waals surface area contributed by atoms with Crippen molar-refractivity contribution in [3.8, 4) is 11.5 Å². The number of phenols is 2. The van der Waals surface area contributed by atoms with Gasteiger partial charge in [-0.1, -0.05) is 6.07 Å².